The summed E-state index contributed by atoms with van der Waals surface area (Å²) in [5.41, 5.74) is 6.74. The summed E-state index contributed by atoms with van der Waals surface area (Å²) in [5.74, 6) is -0.216. The molecule has 0 atom stereocenters. The molecule has 0 bridgehead atoms. The predicted octanol–water partition coefficient (Wildman–Crippen LogP) is 4.28. The zero-order valence-corrected chi connectivity index (χ0v) is 15.7. The van der Waals surface area contributed by atoms with Crippen LogP contribution in [0.5, 0.6) is 11.6 Å². The summed E-state index contributed by atoms with van der Waals surface area (Å²) in [6, 6.07) is 10.8. The van der Waals surface area contributed by atoms with Gasteiger partial charge < -0.3 is 20.5 Å². The third-order valence-corrected chi connectivity index (χ3v) is 4.01. The van der Waals surface area contributed by atoms with Crippen molar-refractivity contribution in [3.05, 3.63) is 64.6 Å². The lowest BCUT2D eigenvalue weighted by atomic mass is 10.2. The highest BCUT2D eigenvalue weighted by atomic mass is 79.9. The quantitative estimate of drug-likeness (QED) is 0.580. The van der Waals surface area contributed by atoms with Gasteiger partial charge in [0.15, 0.2) is 5.82 Å². The summed E-state index contributed by atoms with van der Waals surface area (Å²) in [6.45, 7) is 0. The Morgan fingerprint density at radius 3 is 2.59 bits per heavy atom. The number of hydrogen-bond donors (Lipinski definition) is 2. The Morgan fingerprint density at radius 2 is 1.93 bits per heavy atom. The number of anilines is 3. The van der Waals surface area contributed by atoms with Crippen LogP contribution in [0.3, 0.4) is 0 Å². The van der Waals surface area contributed by atoms with E-state index in [0.29, 0.717) is 15.8 Å². The molecule has 3 aromatic rings. The van der Waals surface area contributed by atoms with E-state index in [0.717, 1.165) is 0 Å². The second-order valence-electron chi connectivity index (χ2n) is 5.31. The number of nitrogens with one attached hydrogen (secondary N) is 1. The zero-order chi connectivity index (χ0) is 19.4. The number of aromatic nitrogens is 2. The molecule has 7 nitrogen and oxygen atoms in total. The number of nitrogens with two attached hydrogens (primary N) is 1. The second-order valence-corrected chi connectivity index (χ2v) is 6.22. The van der Waals surface area contributed by atoms with Gasteiger partial charge in [-0.15, -0.1) is 0 Å². The fourth-order valence-electron chi connectivity index (χ4n) is 2.17. The molecule has 1 heterocycles. The largest absolute Gasteiger partial charge is 0.465 e. The average molecular weight is 433 g/mol. The number of nitrogens with zero attached hydrogens (tertiary/aromatic N) is 2. The van der Waals surface area contributed by atoms with Gasteiger partial charge in [0.25, 0.3) is 0 Å². The number of carbonyl (C=O) groups excluding carboxylic acids is 1. The summed E-state index contributed by atoms with van der Waals surface area (Å²) in [7, 11) is 1.30. The first-order valence-electron chi connectivity index (χ1n) is 7.66. The molecule has 0 aliphatic rings. The fraction of sp³-hybridized carbons (Fsp3) is 0.0556. The Balaban J connectivity index is 1.81. The molecule has 0 spiro atoms. The van der Waals surface area contributed by atoms with Crippen molar-refractivity contribution in [1.82, 2.24) is 9.97 Å². The van der Waals surface area contributed by atoms with Gasteiger partial charge in [-0.05, 0) is 42.5 Å². The molecule has 0 unspecified atom stereocenters. The van der Waals surface area contributed by atoms with E-state index in [1.165, 1.54) is 19.5 Å². The Labute approximate surface area is 162 Å². The molecule has 0 aliphatic carbocycles. The minimum Gasteiger partial charge on any atom is -0.465 e. The smallest absolute Gasteiger partial charge is 0.337 e. The van der Waals surface area contributed by atoms with Crippen LogP contribution >= 0.6 is 15.9 Å². The van der Waals surface area contributed by atoms with E-state index in [1.807, 2.05) is 0 Å². The topological polar surface area (TPSA) is 99.4 Å². The van der Waals surface area contributed by atoms with Crippen LogP contribution in [0.2, 0.25) is 0 Å². The van der Waals surface area contributed by atoms with Gasteiger partial charge in [-0.2, -0.15) is 4.98 Å². The molecule has 0 fully saturated rings. The van der Waals surface area contributed by atoms with Crippen LogP contribution in [0.1, 0.15) is 10.4 Å². The van der Waals surface area contributed by atoms with E-state index in [1.54, 1.807) is 36.4 Å². The predicted molar refractivity (Wildman–Crippen MR) is 102 cm³/mol. The molecule has 27 heavy (non-hydrogen) atoms. The Hall–Kier alpha value is -3.20. The molecule has 3 N–H and O–H groups in total. The van der Waals surface area contributed by atoms with Gasteiger partial charge in [0, 0.05) is 4.47 Å². The second kappa shape index (κ2) is 8.00. The highest BCUT2D eigenvalue weighted by Crippen LogP contribution is 2.32. The van der Waals surface area contributed by atoms with Gasteiger partial charge in [0.2, 0.25) is 5.88 Å². The Kier molecular flexibility index (Phi) is 5.51. The first kappa shape index (κ1) is 18.6. The SMILES string of the molecule is COC(=O)c1ccc(Oc2ncnc(Nc3ccc(Br)cc3F)c2N)cc1. The lowest BCUT2D eigenvalue weighted by Crippen LogP contribution is -2.04. The van der Waals surface area contributed by atoms with Crippen molar-refractivity contribution >= 4 is 39.1 Å². The van der Waals surface area contributed by atoms with Gasteiger partial charge in [-0.1, -0.05) is 15.9 Å². The molecule has 2 aromatic carbocycles. The average Bonchev–Trinajstić information content (AvgIpc) is 2.67. The number of ether oxygens (including phenoxy) is 2. The fourth-order valence-corrected chi connectivity index (χ4v) is 2.50. The summed E-state index contributed by atoms with van der Waals surface area (Å²) >= 11 is 3.20. The molecular formula is C18H14BrFN4O3. The number of carbonyl (C=O) groups is 1. The Bertz CT molecular complexity index is 983. The first-order chi connectivity index (χ1) is 13.0. The molecule has 9 heteroatoms. The van der Waals surface area contributed by atoms with E-state index in [-0.39, 0.29) is 23.1 Å². The van der Waals surface area contributed by atoms with Crippen molar-refractivity contribution < 1.29 is 18.7 Å². The molecule has 1 aromatic heterocycles. The Morgan fingerprint density at radius 1 is 1.19 bits per heavy atom. The van der Waals surface area contributed by atoms with Crippen molar-refractivity contribution in [3.8, 4) is 11.6 Å². The van der Waals surface area contributed by atoms with E-state index < -0.39 is 11.8 Å². The zero-order valence-electron chi connectivity index (χ0n) is 14.1. The standard InChI is InChI=1S/C18H14BrFN4O3/c1-26-18(25)10-2-5-12(6-3-10)27-17-15(21)16(22-9-23-17)24-14-7-4-11(19)8-13(14)20/h2-9H,21H2,1H3,(H,22,23,24). The number of hydrogen-bond acceptors (Lipinski definition) is 7. The third kappa shape index (κ3) is 4.32. The van der Waals surface area contributed by atoms with Crippen LogP contribution in [0.4, 0.5) is 21.6 Å². The van der Waals surface area contributed by atoms with Crippen LogP contribution in [0, 0.1) is 5.82 Å². The van der Waals surface area contributed by atoms with Crippen molar-refractivity contribution in [2.24, 2.45) is 0 Å². The number of methoxy groups -OCH3 is 1. The number of benzene rings is 2. The minimum atomic E-state index is -0.469. The number of halogens is 2. The summed E-state index contributed by atoms with van der Waals surface area (Å²) in [4.78, 5) is 19.5. The van der Waals surface area contributed by atoms with Gasteiger partial charge >= 0.3 is 5.97 Å². The van der Waals surface area contributed by atoms with Gasteiger partial charge in [0.1, 0.15) is 23.6 Å². The summed E-state index contributed by atoms with van der Waals surface area (Å²) in [5, 5.41) is 2.81. The normalized spacial score (nSPS) is 10.3. The summed E-state index contributed by atoms with van der Waals surface area (Å²) in [6.07, 6.45) is 1.24. The molecule has 0 saturated heterocycles. The van der Waals surface area contributed by atoms with Crippen molar-refractivity contribution in [3.63, 3.8) is 0 Å². The van der Waals surface area contributed by atoms with Gasteiger partial charge in [-0.3, -0.25) is 0 Å². The number of rotatable bonds is 5. The minimum absolute atomic E-state index is 0.0934. The van der Waals surface area contributed by atoms with Crippen molar-refractivity contribution in [2.45, 2.75) is 0 Å². The first-order valence-corrected chi connectivity index (χ1v) is 8.46. The monoisotopic (exact) mass is 432 g/mol. The van der Waals surface area contributed by atoms with Crippen LogP contribution in [-0.2, 0) is 4.74 Å². The van der Waals surface area contributed by atoms with E-state index in [2.05, 4.69) is 36.0 Å². The summed E-state index contributed by atoms with van der Waals surface area (Å²) < 4.78 is 24.9. The molecule has 138 valence electrons. The lowest BCUT2D eigenvalue weighted by molar-refractivity contribution is 0.0600. The van der Waals surface area contributed by atoms with Crippen LogP contribution in [-0.4, -0.2) is 23.0 Å². The molecular weight excluding hydrogens is 419 g/mol. The van der Waals surface area contributed by atoms with Gasteiger partial charge in [-0.25, -0.2) is 14.2 Å². The van der Waals surface area contributed by atoms with E-state index >= 15 is 0 Å². The van der Waals surface area contributed by atoms with Gasteiger partial charge in [0.05, 0.1) is 18.4 Å². The molecule has 0 aliphatic heterocycles. The maximum absolute atomic E-state index is 14.0. The molecule has 0 amide bonds. The van der Waals surface area contributed by atoms with E-state index in [9.17, 15) is 9.18 Å². The highest BCUT2D eigenvalue weighted by Gasteiger charge is 2.13. The van der Waals surface area contributed by atoms with Crippen molar-refractivity contribution in [1.29, 1.82) is 0 Å². The maximum atomic E-state index is 14.0. The number of nitrogen functional groups attached to an aromatic ring is 1. The van der Waals surface area contributed by atoms with Crippen LogP contribution in [0.25, 0.3) is 0 Å². The number of esters is 1. The lowest BCUT2D eigenvalue weighted by Gasteiger charge is -2.12. The molecule has 3 rings (SSSR count). The third-order valence-electron chi connectivity index (χ3n) is 3.52. The van der Waals surface area contributed by atoms with Crippen LogP contribution < -0.4 is 15.8 Å². The van der Waals surface area contributed by atoms with E-state index in [4.69, 9.17) is 10.5 Å². The van der Waals surface area contributed by atoms with Crippen molar-refractivity contribution in [2.75, 3.05) is 18.2 Å². The molecule has 0 saturated carbocycles. The van der Waals surface area contributed by atoms with Crippen LogP contribution in [0.15, 0.2) is 53.3 Å². The maximum Gasteiger partial charge on any atom is 0.337 e. The molecule has 0 radical (unpaired) electrons. The highest BCUT2D eigenvalue weighted by molar-refractivity contribution is 9.10.